The minimum absolute atomic E-state index is 0.311. The van der Waals surface area contributed by atoms with E-state index in [-0.39, 0.29) is 0 Å². The smallest absolute Gasteiger partial charge is 0.127 e. The maximum atomic E-state index is 10.3. The summed E-state index contributed by atoms with van der Waals surface area (Å²) < 4.78 is 5.23. The maximum Gasteiger partial charge on any atom is 0.127 e. The number of ether oxygens (including phenoxy) is 1. The van der Waals surface area contributed by atoms with Crippen molar-refractivity contribution < 1.29 is 9.84 Å². The number of anilines is 1. The van der Waals surface area contributed by atoms with Crippen molar-refractivity contribution in [3.8, 4) is 11.5 Å². The van der Waals surface area contributed by atoms with Gasteiger partial charge in [-0.15, -0.1) is 0 Å². The van der Waals surface area contributed by atoms with E-state index in [1.54, 1.807) is 13.3 Å². The second-order valence-electron chi connectivity index (χ2n) is 7.02. The van der Waals surface area contributed by atoms with Crippen LogP contribution in [0.4, 0.5) is 5.69 Å². The molecule has 0 spiro atoms. The number of benzene rings is 2. The molecule has 1 fully saturated rings. The van der Waals surface area contributed by atoms with E-state index >= 15 is 0 Å². The Morgan fingerprint density at radius 3 is 2.62 bits per heavy atom. The lowest BCUT2D eigenvalue weighted by Gasteiger charge is -2.34. The van der Waals surface area contributed by atoms with Crippen molar-refractivity contribution in [2.45, 2.75) is 19.3 Å². The van der Waals surface area contributed by atoms with Crippen LogP contribution in [0.5, 0.6) is 11.5 Å². The second-order valence-corrected chi connectivity index (χ2v) is 7.02. The van der Waals surface area contributed by atoms with Gasteiger partial charge < -0.3 is 14.7 Å². The first-order chi connectivity index (χ1) is 12.7. The van der Waals surface area contributed by atoms with E-state index in [0.29, 0.717) is 11.7 Å². The molecule has 26 heavy (non-hydrogen) atoms. The van der Waals surface area contributed by atoms with E-state index in [0.717, 1.165) is 54.7 Å². The molecular formula is C22H24N2O2. The Kier molecular flexibility index (Phi) is 4.65. The Hall–Kier alpha value is -2.75. The fourth-order valence-electron chi connectivity index (χ4n) is 3.82. The molecule has 0 radical (unpaired) electrons. The maximum absolute atomic E-state index is 10.3. The van der Waals surface area contributed by atoms with Gasteiger partial charge in [-0.25, -0.2) is 0 Å². The molecule has 1 aliphatic heterocycles. The number of hydrogen-bond acceptors (Lipinski definition) is 4. The summed E-state index contributed by atoms with van der Waals surface area (Å²) in [5.74, 6) is 1.92. The third kappa shape index (κ3) is 3.45. The highest BCUT2D eigenvalue weighted by Gasteiger charge is 2.20. The highest BCUT2D eigenvalue weighted by atomic mass is 16.5. The molecule has 3 aromatic rings. The molecule has 0 atom stereocenters. The van der Waals surface area contributed by atoms with Gasteiger partial charge in [0.05, 0.1) is 12.6 Å². The largest absolute Gasteiger partial charge is 0.507 e. The predicted octanol–water partition coefficient (Wildman–Crippen LogP) is 4.41. The zero-order valence-corrected chi connectivity index (χ0v) is 15.1. The Morgan fingerprint density at radius 1 is 1.12 bits per heavy atom. The molecule has 0 aliphatic carbocycles. The summed E-state index contributed by atoms with van der Waals surface area (Å²) >= 11 is 0. The summed E-state index contributed by atoms with van der Waals surface area (Å²) in [7, 11) is 1.70. The second kappa shape index (κ2) is 7.24. The number of aromatic nitrogens is 1. The molecule has 0 saturated carbocycles. The Balaban J connectivity index is 1.41. The predicted molar refractivity (Wildman–Crippen MR) is 105 cm³/mol. The first kappa shape index (κ1) is 16.7. The van der Waals surface area contributed by atoms with Gasteiger partial charge in [-0.1, -0.05) is 12.1 Å². The number of piperidine rings is 1. The highest BCUT2D eigenvalue weighted by Crippen LogP contribution is 2.32. The first-order valence-corrected chi connectivity index (χ1v) is 9.18. The van der Waals surface area contributed by atoms with Gasteiger partial charge in [0.25, 0.3) is 0 Å². The number of phenolic OH excluding ortho intramolecular Hbond substituents is 1. The van der Waals surface area contributed by atoms with Crippen LogP contribution in [0.25, 0.3) is 10.9 Å². The number of phenols is 1. The third-order valence-electron chi connectivity index (χ3n) is 5.35. The van der Waals surface area contributed by atoms with Crippen molar-refractivity contribution in [1.82, 2.24) is 4.98 Å². The van der Waals surface area contributed by atoms with Crippen molar-refractivity contribution in [1.29, 1.82) is 0 Å². The first-order valence-electron chi connectivity index (χ1n) is 9.18. The Morgan fingerprint density at radius 2 is 1.88 bits per heavy atom. The van der Waals surface area contributed by atoms with E-state index in [1.807, 2.05) is 30.3 Å². The van der Waals surface area contributed by atoms with Crippen LogP contribution in [0.15, 0.2) is 54.7 Å². The lowest BCUT2D eigenvalue weighted by atomic mass is 9.90. The number of pyridine rings is 1. The molecule has 4 heteroatoms. The zero-order chi connectivity index (χ0) is 17.9. The summed E-state index contributed by atoms with van der Waals surface area (Å²) in [6, 6.07) is 16.1. The number of aromatic hydroxyl groups is 1. The molecule has 1 saturated heterocycles. The van der Waals surface area contributed by atoms with Crippen LogP contribution in [-0.2, 0) is 6.42 Å². The van der Waals surface area contributed by atoms with E-state index in [9.17, 15) is 5.11 Å². The van der Waals surface area contributed by atoms with Crippen LogP contribution < -0.4 is 9.64 Å². The molecule has 1 N–H and O–H groups in total. The van der Waals surface area contributed by atoms with Crippen LogP contribution in [0.2, 0.25) is 0 Å². The summed E-state index contributed by atoms with van der Waals surface area (Å²) in [5, 5.41) is 11.1. The number of rotatable bonds is 4. The molecule has 134 valence electrons. The van der Waals surface area contributed by atoms with E-state index in [4.69, 9.17) is 4.74 Å². The van der Waals surface area contributed by atoms with Gasteiger partial charge in [-0.3, -0.25) is 4.98 Å². The lowest BCUT2D eigenvalue weighted by molar-refractivity contribution is 0.401. The molecule has 0 unspecified atom stereocenters. The monoisotopic (exact) mass is 348 g/mol. The van der Waals surface area contributed by atoms with E-state index in [2.05, 4.69) is 28.1 Å². The van der Waals surface area contributed by atoms with Crippen LogP contribution in [0, 0.1) is 5.92 Å². The number of hydrogen-bond donors (Lipinski definition) is 1. The molecule has 4 nitrogen and oxygen atoms in total. The van der Waals surface area contributed by atoms with Crippen LogP contribution in [0.3, 0.4) is 0 Å². The molecule has 1 aromatic heterocycles. The van der Waals surface area contributed by atoms with Gasteiger partial charge in [0.15, 0.2) is 0 Å². The van der Waals surface area contributed by atoms with Crippen molar-refractivity contribution >= 4 is 16.6 Å². The fourth-order valence-corrected chi connectivity index (χ4v) is 3.82. The van der Waals surface area contributed by atoms with Crippen LogP contribution >= 0.6 is 0 Å². The summed E-state index contributed by atoms with van der Waals surface area (Å²) in [6.07, 6.45) is 5.20. The zero-order valence-electron chi connectivity index (χ0n) is 15.1. The quantitative estimate of drug-likeness (QED) is 0.759. The molecule has 2 heterocycles. The van der Waals surface area contributed by atoms with Crippen LogP contribution in [0.1, 0.15) is 18.4 Å². The third-order valence-corrected chi connectivity index (χ3v) is 5.35. The number of nitrogens with zero attached hydrogens (tertiary/aromatic N) is 2. The summed E-state index contributed by atoms with van der Waals surface area (Å²) in [4.78, 5) is 6.75. The SMILES string of the molecule is COc1ccc(CC2CCN(c3cc(O)c4cccnc4c3)CC2)cc1. The molecule has 4 rings (SSSR count). The van der Waals surface area contributed by atoms with Gasteiger partial charge in [-0.05, 0) is 61.1 Å². The van der Waals surface area contributed by atoms with Gasteiger partial charge in [0, 0.05) is 36.4 Å². The molecule has 2 aromatic carbocycles. The average Bonchev–Trinajstić information content (AvgIpc) is 2.69. The molecular weight excluding hydrogens is 324 g/mol. The minimum atomic E-state index is 0.311. The molecule has 1 aliphatic rings. The number of methoxy groups -OCH3 is 1. The normalized spacial score (nSPS) is 15.3. The fraction of sp³-hybridized carbons (Fsp3) is 0.318. The standard InChI is InChI=1S/C22H24N2O2/c1-26-19-6-4-16(5-7-19)13-17-8-11-24(12-9-17)18-14-21-20(22(25)15-18)3-2-10-23-21/h2-7,10,14-15,17,25H,8-9,11-13H2,1H3. The Bertz CT molecular complexity index is 884. The van der Waals surface area contributed by atoms with E-state index in [1.165, 1.54) is 5.56 Å². The van der Waals surface area contributed by atoms with E-state index < -0.39 is 0 Å². The molecule has 0 amide bonds. The van der Waals surface area contributed by atoms with Crippen molar-refractivity contribution in [2.24, 2.45) is 5.92 Å². The average molecular weight is 348 g/mol. The molecule has 0 bridgehead atoms. The van der Waals surface area contributed by atoms with Crippen molar-refractivity contribution in [3.05, 3.63) is 60.3 Å². The van der Waals surface area contributed by atoms with Gasteiger partial charge in [0.1, 0.15) is 11.5 Å². The number of fused-ring (bicyclic) bond motifs is 1. The lowest BCUT2D eigenvalue weighted by Crippen LogP contribution is -2.34. The van der Waals surface area contributed by atoms with Gasteiger partial charge in [-0.2, -0.15) is 0 Å². The topological polar surface area (TPSA) is 45.6 Å². The summed E-state index contributed by atoms with van der Waals surface area (Å²) in [6.45, 7) is 2.03. The highest BCUT2D eigenvalue weighted by molar-refractivity contribution is 5.88. The minimum Gasteiger partial charge on any atom is -0.507 e. The van der Waals surface area contributed by atoms with Gasteiger partial charge >= 0.3 is 0 Å². The van der Waals surface area contributed by atoms with Crippen molar-refractivity contribution in [2.75, 3.05) is 25.1 Å². The van der Waals surface area contributed by atoms with Gasteiger partial charge in [0.2, 0.25) is 0 Å². The van der Waals surface area contributed by atoms with Crippen LogP contribution in [-0.4, -0.2) is 30.3 Å². The summed E-state index contributed by atoms with van der Waals surface area (Å²) in [5.41, 5.74) is 3.29. The van der Waals surface area contributed by atoms with Crippen molar-refractivity contribution in [3.63, 3.8) is 0 Å². The Labute approximate surface area is 154 Å².